The van der Waals surface area contributed by atoms with Gasteiger partial charge in [-0.25, -0.2) is 0 Å². The zero-order valence-corrected chi connectivity index (χ0v) is 21.0. The van der Waals surface area contributed by atoms with Crippen LogP contribution in [-0.2, 0) is 16.9 Å². The van der Waals surface area contributed by atoms with E-state index in [0.29, 0.717) is 38.4 Å². The number of hydrogen-bond donors (Lipinski definition) is 2. The maximum atomic E-state index is 13.2. The Balaban J connectivity index is 1.48. The van der Waals surface area contributed by atoms with Crippen LogP contribution in [0.4, 0.5) is 5.69 Å². The van der Waals surface area contributed by atoms with Crippen LogP contribution in [0.15, 0.2) is 60.7 Å². The van der Waals surface area contributed by atoms with E-state index in [1.165, 1.54) is 7.11 Å². The Morgan fingerprint density at radius 1 is 1.06 bits per heavy atom. The first-order chi connectivity index (χ1) is 17.3. The zero-order valence-electron chi connectivity index (χ0n) is 19.5. The maximum Gasteiger partial charge on any atom is 0.256 e. The summed E-state index contributed by atoms with van der Waals surface area (Å²) in [6.07, 6.45) is 0. The van der Waals surface area contributed by atoms with E-state index in [0.717, 1.165) is 5.56 Å². The normalized spacial score (nSPS) is 24.4. The molecule has 8 nitrogen and oxygen atoms in total. The first-order valence-corrected chi connectivity index (χ1v) is 12.1. The number of fused-ring (bicyclic) bond motifs is 2. The van der Waals surface area contributed by atoms with Crippen LogP contribution in [0.25, 0.3) is 0 Å². The zero-order chi connectivity index (χ0) is 25.6. The monoisotopic (exact) mass is 527 g/mol. The molecule has 4 atom stereocenters. The van der Waals surface area contributed by atoms with Crippen molar-refractivity contribution >= 4 is 34.8 Å². The van der Waals surface area contributed by atoms with E-state index in [-0.39, 0.29) is 17.6 Å². The quantitative estimate of drug-likeness (QED) is 0.339. The summed E-state index contributed by atoms with van der Waals surface area (Å²) < 4.78 is 11.5. The van der Waals surface area contributed by atoms with Crippen LogP contribution in [0.3, 0.4) is 0 Å². The van der Waals surface area contributed by atoms with Crippen molar-refractivity contribution in [3.05, 3.63) is 97.5 Å². The molecule has 2 N–H and O–H groups in total. The van der Waals surface area contributed by atoms with Gasteiger partial charge in [0.05, 0.1) is 23.1 Å². The van der Waals surface area contributed by atoms with E-state index in [1.54, 1.807) is 54.6 Å². The van der Waals surface area contributed by atoms with E-state index in [9.17, 15) is 14.9 Å². The Morgan fingerprint density at radius 2 is 1.83 bits per heavy atom. The molecule has 1 saturated heterocycles. The number of amides is 1. The highest BCUT2D eigenvalue weighted by Gasteiger charge is 2.67. The molecule has 10 heteroatoms. The lowest BCUT2D eigenvalue weighted by atomic mass is 9.78. The SMILES string of the molecule is COc1cc([C@@H]2[C@H](C)N[C@@]3(C(=O)Nc4ccccc43)[C@@H]2[N+](=O)[O-])ccc1OCc1ccc(Cl)c(Cl)c1. The molecule has 1 fully saturated rings. The summed E-state index contributed by atoms with van der Waals surface area (Å²) in [7, 11) is 1.51. The van der Waals surface area contributed by atoms with Crippen molar-refractivity contribution < 1.29 is 19.2 Å². The standard InChI is InChI=1S/C26H23Cl2N3O5/c1-14-23(24(31(33)34)26(30-14)17-5-3-4-6-20(17)29-25(26)32)16-8-10-21(22(12-16)35-2)36-13-15-7-9-18(27)19(28)11-15/h3-12,14,23-24,30H,13H2,1-2H3,(H,29,32)/t14-,23-,24+,26+/m0/s1. The summed E-state index contributed by atoms with van der Waals surface area (Å²) in [6.45, 7) is 2.08. The molecule has 36 heavy (non-hydrogen) atoms. The van der Waals surface area contributed by atoms with Crippen molar-refractivity contribution in [3.8, 4) is 11.5 Å². The summed E-state index contributed by atoms with van der Waals surface area (Å²) in [6, 6.07) is 15.9. The van der Waals surface area contributed by atoms with Crippen LogP contribution in [-0.4, -0.2) is 30.0 Å². The number of hydrogen-bond acceptors (Lipinski definition) is 6. The van der Waals surface area contributed by atoms with Crippen LogP contribution in [0.5, 0.6) is 11.5 Å². The first-order valence-electron chi connectivity index (χ1n) is 11.3. The first kappa shape index (κ1) is 24.4. The lowest BCUT2D eigenvalue weighted by Crippen LogP contribution is -2.54. The topological polar surface area (TPSA) is 103 Å². The third-order valence-corrected chi connectivity index (χ3v) is 7.65. The average Bonchev–Trinajstić information content (AvgIpc) is 3.33. The number of rotatable bonds is 6. The smallest absolute Gasteiger partial charge is 0.256 e. The third kappa shape index (κ3) is 3.86. The Kier molecular flexibility index (Phi) is 6.28. The minimum Gasteiger partial charge on any atom is -0.493 e. The fraction of sp³-hybridized carbons (Fsp3) is 0.269. The summed E-state index contributed by atoms with van der Waals surface area (Å²) >= 11 is 12.1. The second-order valence-corrected chi connectivity index (χ2v) is 9.76. The summed E-state index contributed by atoms with van der Waals surface area (Å²) in [5.74, 6) is -0.121. The Hall–Kier alpha value is -3.33. The van der Waals surface area contributed by atoms with Crippen molar-refractivity contribution in [1.82, 2.24) is 5.32 Å². The van der Waals surface area contributed by atoms with Gasteiger partial charge in [-0.15, -0.1) is 0 Å². The molecule has 1 amide bonds. The maximum absolute atomic E-state index is 13.2. The molecule has 3 aromatic carbocycles. The van der Waals surface area contributed by atoms with E-state index < -0.39 is 23.4 Å². The predicted molar refractivity (Wildman–Crippen MR) is 137 cm³/mol. The van der Waals surface area contributed by atoms with Gasteiger partial charge in [0.2, 0.25) is 0 Å². The summed E-state index contributed by atoms with van der Waals surface area (Å²) in [5, 5.41) is 19.5. The molecule has 0 aliphatic carbocycles. The minimum atomic E-state index is -1.47. The van der Waals surface area contributed by atoms with E-state index >= 15 is 0 Å². The van der Waals surface area contributed by atoms with Crippen LogP contribution in [0.1, 0.15) is 29.5 Å². The number of carbonyl (C=O) groups excluding carboxylic acids is 1. The number of halogens is 2. The summed E-state index contributed by atoms with van der Waals surface area (Å²) in [5.41, 5.74) is 1.19. The lowest BCUT2D eigenvalue weighted by molar-refractivity contribution is -0.532. The highest BCUT2D eigenvalue weighted by Crippen LogP contribution is 2.50. The number of anilines is 1. The molecular weight excluding hydrogens is 505 g/mol. The van der Waals surface area contributed by atoms with Gasteiger partial charge in [0.1, 0.15) is 6.61 Å². The van der Waals surface area contributed by atoms with Gasteiger partial charge in [-0.2, -0.15) is 0 Å². The molecule has 2 aliphatic heterocycles. The van der Waals surface area contributed by atoms with Crippen molar-refractivity contribution in [2.75, 3.05) is 12.4 Å². The molecule has 0 unspecified atom stereocenters. The molecule has 1 spiro atoms. The highest BCUT2D eigenvalue weighted by atomic mass is 35.5. The molecule has 0 bridgehead atoms. The lowest BCUT2D eigenvalue weighted by Gasteiger charge is -2.25. The van der Waals surface area contributed by atoms with Crippen molar-refractivity contribution in [1.29, 1.82) is 0 Å². The number of carbonyl (C=O) groups is 1. The van der Waals surface area contributed by atoms with Gasteiger partial charge in [0.25, 0.3) is 11.9 Å². The fourth-order valence-corrected chi connectivity index (χ4v) is 5.68. The van der Waals surface area contributed by atoms with Gasteiger partial charge >= 0.3 is 0 Å². The van der Waals surface area contributed by atoms with E-state index in [4.69, 9.17) is 32.7 Å². The third-order valence-electron chi connectivity index (χ3n) is 6.91. The number of ether oxygens (including phenoxy) is 2. The van der Waals surface area contributed by atoms with Gasteiger partial charge < -0.3 is 14.8 Å². The minimum absolute atomic E-state index is 0.228. The number of benzene rings is 3. The Morgan fingerprint density at radius 3 is 2.56 bits per heavy atom. The fourth-order valence-electron chi connectivity index (χ4n) is 5.35. The van der Waals surface area contributed by atoms with Crippen LogP contribution >= 0.6 is 23.2 Å². The molecule has 5 rings (SSSR count). The number of nitro groups is 1. The Bertz CT molecular complexity index is 1370. The van der Waals surface area contributed by atoms with E-state index in [2.05, 4.69) is 10.6 Å². The second-order valence-electron chi connectivity index (χ2n) is 8.94. The molecular formula is C26H23Cl2N3O5. The van der Waals surface area contributed by atoms with Crippen LogP contribution in [0, 0.1) is 10.1 Å². The molecule has 3 aromatic rings. The van der Waals surface area contributed by atoms with Crippen molar-refractivity contribution in [3.63, 3.8) is 0 Å². The molecule has 0 aromatic heterocycles. The summed E-state index contributed by atoms with van der Waals surface area (Å²) in [4.78, 5) is 25.3. The molecule has 0 radical (unpaired) electrons. The average molecular weight is 528 g/mol. The van der Waals surface area contributed by atoms with Crippen molar-refractivity contribution in [2.45, 2.75) is 37.1 Å². The number of methoxy groups -OCH3 is 1. The number of nitrogens with zero attached hydrogens (tertiary/aromatic N) is 1. The van der Waals surface area contributed by atoms with E-state index in [1.807, 2.05) is 13.0 Å². The van der Waals surface area contributed by atoms with Crippen molar-refractivity contribution in [2.24, 2.45) is 0 Å². The second kappa shape index (κ2) is 9.28. The van der Waals surface area contributed by atoms with Crippen LogP contribution in [0.2, 0.25) is 10.0 Å². The van der Waals surface area contributed by atoms with Gasteiger partial charge in [-0.1, -0.05) is 53.5 Å². The predicted octanol–water partition coefficient (Wildman–Crippen LogP) is 5.15. The van der Waals surface area contributed by atoms with Gasteiger partial charge in [-0.3, -0.25) is 20.2 Å². The Labute approximate surface area is 217 Å². The van der Waals surface area contributed by atoms with Gasteiger partial charge in [0.15, 0.2) is 17.0 Å². The molecule has 2 aliphatic rings. The number of para-hydroxylation sites is 1. The number of nitrogens with one attached hydrogen (secondary N) is 2. The largest absolute Gasteiger partial charge is 0.493 e. The van der Waals surface area contributed by atoms with Gasteiger partial charge in [0, 0.05) is 22.2 Å². The molecule has 0 saturated carbocycles. The highest BCUT2D eigenvalue weighted by molar-refractivity contribution is 6.42. The van der Waals surface area contributed by atoms with Crippen LogP contribution < -0.4 is 20.1 Å². The van der Waals surface area contributed by atoms with Gasteiger partial charge in [-0.05, 0) is 48.4 Å². The molecule has 2 heterocycles. The molecule has 186 valence electrons.